The van der Waals surface area contributed by atoms with Crippen LogP contribution in [0.3, 0.4) is 0 Å². The molecule has 1 unspecified atom stereocenters. The van der Waals surface area contributed by atoms with E-state index < -0.39 is 35.8 Å². The average Bonchev–Trinajstić information content (AvgIpc) is 3.47. The number of nitrogens with one attached hydrogen (secondary N) is 5. The van der Waals surface area contributed by atoms with E-state index in [4.69, 9.17) is 0 Å². The average molecular weight is 809 g/mol. The highest BCUT2D eigenvalue weighted by Crippen LogP contribution is 2.32. The van der Waals surface area contributed by atoms with Crippen molar-refractivity contribution in [1.82, 2.24) is 40.6 Å². The number of unbranched alkanes of at least 4 members (excludes halogenated alkanes) is 3. The normalized spacial score (nSPS) is 18.7. The third-order valence-electron chi connectivity index (χ3n) is 11.3. The number of β-amino-alcohol motifs (C(OH)–C–C–N with tert-alkyl or cyclic N) is 1. The predicted molar refractivity (Wildman–Crippen MR) is 217 cm³/mol. The second kappa shape index (κ2) is 19.3. The molecular formula is C42H52N10O7. The summed E-state index contributed by atoms with van der Waals surface area (Å²) in [5.41, 5.74) is 3.87. The number of carbonyl (C=O) groups is 6. The van der Waals surface area contributed by atoms with Crippen molar-refractivity contribution in [1.29, 1.82) is 0 Å². The molecule has 312 valence electrons. The molecule has 7 rings (SSSR count). The smallest absolute Gasteiger partial charge is 0.270 e. The zero-order valence-electron chi connectivity index (χ0n) is 33.1. The lowest BCUT2D eigenvalue weighted by Crippen LogP contribution is -2.56. The number of amides is 6. The van der Waals surface area contributed by atoms with Gasteiger partial charge in [-0.15, -0.1) is 0 Å². The number of piperidine rings is 1. The van der Waals surface area contributed by atoms with E-state index in [1.54, 1.807) is 24.3 Å². The summed E-state index contributed by atoms with van der Waals surface area (Å²) >= 11 is 0. The number of aliphatic hydroxyl groups excluding tert-OH is 1. The van der Waals surface area contributed by atoms with Crippen molar-refractivity contribution in [3.63, 3.8) is 0 Å². The van der Waals surface area contributed by atoms with Crippen LogP contribution in [0.4, 0.5) is 11.5 Å². The van der Waals surface area contributed by atoms with Gasteiger partial charge in [-0.2, -0.15) is 0 Å². The number of anilines is 2. The molecule has 2 saturated heterocycles. The largest absolute Gasteiger partial charge is 0.390 e. The van der Waals surface area contributed by atoms with Crippen molar-refractivity contribution in [3.8, 4) is 0 Å². The zero-order chi connectivity index (χ0) is 41.3. The molecule has 5 heterocycles. The molecule has 2 fully saturated rings. The Morgan fingerprint density at radius 3 is 2.53 bits per heavy atom. The fourth-order valence-electron chi connectivity index (χ4n) is 8.08. The molecule has 0 aliphatic carbocycles. The van der Waals surface area contributed by atoms with Crippen molar-refractivity contribution in [2.24, 2.45) is 0 Å². The minimum Gasteiger partial charge on any atom is -0.390 e. The fraction of sp³-hybridized carbons (Fsp3) is 0.476. The third kappa shape index (κ3) is 10.5. The topological polar surface area (TPSA) is 218 Å². The second-order valence-corrected chi connectivity index (χ2v) is 15.6. The zero-order valence-corrected chi connectivity index (χ0v) is 33.1. The van der Waals surface area contributed by atoms with Gasteiger partial charge in [0.25, 0.3) is 17.7 Å². The van der Waals surface area contributed by atoms with Crippen LogP contribution in [0.1, 0.15) is 87.3 Å². The van der Waals surface area contributed by atoms with Gasteiger partial charge in [0.2, 0.25) is 17.7 Å². The van der Waals surface area contributed by atoms with Crippen LogP contribution in [0.15, 0.2) is 54.9 Å². The van der Waals surface area contributed by atoms with E-state index in [9.17, 15) is 33.9 Å². The molecular weight excluding hydrogens is 757 g/mol. The SMILES string of the molecule is O=C(CCCCCCNc1cccc2c1C(=O)N(C1CCC(=O)NC1=O)C2=O)NCCN1CC(Nc2cc(C(=O)NC[C@H](O)CN3CCc4ccccc4C3)ncn2)C1. The summed E-state index contributed by atoms with van der Waals surface area (Å²) in [6.07, 6.45) is 5.51. The first kappa shape index (κ1) is 41.4. The quantitative estimate of drug-likeness (QED) is 0.0745. The number of imide groups is 2. The molecule has 2 aromatic carbocycles. The Bertz CT molecular complexity index is 2060. The van der Waals surface area contributed by atoms with Crippen LogP contribution in [0.2, 0.25) is 0 Å². The number of nitrogens with zero attached hydrogens (tertiary/aromatic N) is 5. The molecule has 4 aliphatic heterocycles. The van der Waals surface area contributed by atoms with Crippen molar-refractivity contribution in [3.05, 3.63) is 82.8 Å². The standard InChI is InChI=1S/C42H52N10O7/c53-30(25-50-18-15-27-8-4-5-9-28(27)22-50)21-45-39(56)33-20-35(47-26-46-33)48-29-23-51(24-29)19-17-44-36(54)12-3-1-2-6-16-43-32-11-7-10-31-38(32)42(59)52(41(31)58)34-13-14-37(55)49-40(34)57/h4-5,7-11,20,26,29-30,34,43,53H,1-3,6,12-19,21-25H2,(H,44,54)(H,45,56)(H,46,47,48)(H,49,55,57)/t30-,34?/m0/s1. The molecule has 3 aromatic rings. The van der Waals surface area contributed by atoms with E-state index in [-0.39, 0.29) is 54.1 Å². The number of likely N-dealkylation sites (tertiary alicyclic amines) is 1. The number of aromatic nitrogens is 2. The number of fused-ring (bicyclic) bond motifs is 2. The third-order valence-corrected chi connectivity index (χ3v) is 11.3. The highest BCUT2D eigenvalue weighted by Gasteiger charge is 2.45. The van der Waals surface area contributed by atoms with E-state index >= 15 is 0 Å². The van der Waals surface area contributed by atoms with Gasteiger partial charge in [-0.3, -0.25) is 48.8 Å². The first-order chi connectivity index (χ1) is 28.6. The summed E-state index contributed by atoms with van der Waals surface area (Å²) in [6, 6.07) is 14.1. The first-order valence-corrected chi connectivity index (χ1v) is 20.5. The Morgan fingerprint density at radius 1 is 0.881 bits per heavy atom. The van der Waals surface area contributed by atoms with Gasteiger partial charge in [-0.1, -0.05) is 43.2 Å². The Labute approximate surface area is 342 Å². The van der Waals surface area contributed by atoms with Crippen LogP contribution in [0.25, 0.3) is 0 Å². The second-order valence-electron chi connectivity index (χ2n) is 15.6. The maximum atomic E-state index is 13.3. The van der Waals surface area contributed by atoms with Crippen LogP contribution in [0.5, 0.6) is 0 Å². The Kier molecular flexibility index (Phi) is 13.5. The summed E-state index contributed by atoms with van der Waals surface area (Å²) in [6.45, 7) is 5.65. The summed E-state index contributed by atoms with van der Waals surface area (Å²) in [5, 5.41) is 25.2. The molecule has 0 bridgehead atoms. The van der Waals surface area contributed by atoms with E-state index in [2.05, 4.69) is 64.6 Å². The maximum Gasteiger partial charge on any atom is 0.270 e. The number of hydrogen-bond donors (Lipinski definition) is 6. The van der Waals surface area contributed by atoms with Crippen LogP contribution < -0.4 is 26.6 Å². The van der Waals surface area contributed by atoms with Crippen LogP contribution >= 0.6 is 0 Å². The van der Waals surface area contributed by atoms with E-state index in [1.165, 1.54) is 17.5 Å². The highest BCUT2D eigenvalue weighted by molar-refractivity contribution is 6.25. The van der Waals surface area contributed by atoms with Gasteiger partial charge in [-0.25, -0.2) is 9.97 Å². The van der Waals surface area contributed by atoms with E-state index in [1.807, 2.05) is 6.07 Å². The summed E-state index contributed by atoms with van der Waals surface area (Å²) in [7, 11) is 0. The van der Waals surface area contributed by atoms with Gasteiger partial charge in [0.05, 0.1) is 23.3 Å². The molecule has 1 aromatic heterocycles. The molecule has 4 aliphatic rings. The molecule has 6 amide bonds. The number of rotatable bonds is 19. The van der Waals surface area contributed by atoms with Crippen molar-refractivity contribution in [2.75, 3.05) is 63.0 Å². The van der Waals surface area contributed by atoms with Gasteiger partial charge < -0.3 is 26.4 Å². The lowest BCUT2D eigenvalue weighted by Gasteiger charge is -2.39. The monoisotopic (exact) mass is 808 g/mol. The van der Waals surface area contributed by atoms with Gasteiger partial charge in [0.15, 0.2) is 0 Å². The van der Waals surface area contributed by atoms with E-state index in [0.717, 1.165) is 69.7 Å². The molecule has 0 saturated carbocycles. The Morgan fingerprint density at radius 2 is 1.69 bits per heavy atom. The Hall–Kier alpha value is -5.78. The Balaban J connectivity index is 0.718. The predicted octanol–water partition coefficient (Wildman–Crippen LogP) is 1.30. The summed E-state index contributed by atoms with van der Waals surface area (Å²) < 4.78 is 0. The van der Waals surface area contributed by atoms with Crippen molar-refractivity contribution >= 4 is 46.9 Å². The van der Waals surface area contributed by atoms with E-state index in [0.29, 0.717) is 37.6 Å². The van der Waals surface area contributed by atoms with Gasteiger partial charge >= 0.3 is 0 Å². The van der Waals surface area contributed by atoms with Crippen LogP contribution in [-0.2, 0) is 27.3 Å². The van der Waals surface area contributed by atoms with Crippen molar-refractivity contribution in [2.45, 2.75) is 76.1 Å². The molecule has 6 N–H and O–H groups in total. The van der Waals surface area contributed by atoms with Gasteiger partial charge in [0.1, 0.15) is 23.9 Å². The molecule has 59 heavy (non-hydrogen) atoms. The highest BCUT2D eigenvalue weighted by atomic mass is 16.3. The van der Waals surface area contributed by atoms with Gasteiger partial charge in [-0.05, 0) is 48.9 Å². The minimum absolute atomic E-state index is 0.0125. The number of benzene rings is 2. The lowest BCUT2D eigenvalue weighted by molar-refractivity contribution is -0.136. The van der Waals surface area contributed by atoms with Gasteiger partial charge in [0, 0.05) is 83.5 Å². The summed E-state index contributed by atoms with van der Waals surface area (Å²) in [5.74, 6) is -1.92. The van der Waals surface area contributed by atoms with Crippen molar-refractivity contribution < 1.29 is 33.9 Å². The maximum absolute atomic E-state index is 13.3. The first-order valence-electron chi connectivity index (χ1n) is 20.5. The molecule has 2 atom stereocenters. The molecule has 17 heteroatoms. The molecule has 0 spiro atoms. The summed E-state index contributed by atoms with van der Waals surface area (Å²) in [4.78, 5) is 89.2. The number of aliphatic hydroxyl groups is 1. The minimum atomic E-state index is -1.01. The lowest BCUT2D eigenvalue weighted by atomic mass is 10.00. The number of hydrogen-bond acceptors (Lipinski definition) is 13. The fourth-order valence-corrected chi connectivity index (χ4v) is 8.08. The molecule has 0 radical (unpaired) electrons. The number of carbonyl (C=O) groups excluding carboxylic acids is 6. The van der Waals surface area contributed by atoms with Crippen LogP contribution in [0, 0.1) is 0 Å². The van der Waals surface area contributed by atoms with Crippen LogP contribution in [-0.4, -0.2) is 136 Å². The molecule has 17 nitrogen and oxygen atoms in total.